The zero-order chi connectivity index (χ0) is 10.1. The van der Waals surface area contributed by atoms with E-state index in [4.69, 9.17) is 10.5 Å². The highest BCUT2D eigenvalue weighted by molar-refractivity contribution is 14.1. The number of hydrogen-bond acceptors (Lipinski definition) is 3. The first-order chi connectivity index (χ1) is 6.68. The number of carbonyl (C=O) groups excluding carboxylic acids is 1. The molecule has 1 aliphatic rings. The van der Waals surface area contributed by atoms with Gasteiger partial charge in [0.25, 0.3) is 5.91 Å². The van der Waals surface area contributed by atoms with Gasteiger partial charge in [-0.2, -0.15) is 0 Å². The molecular weight excluding hydrogens is 295 g/mol. The van der Waals surface area contributed by atoms with Crippen molar-refractivity contribution in [3.63, 3.8) is 0 Å². The normalized spacial score (nSPS) is 15.2. The lowest BCUT2D eigenvalue weighted by molar-refractivity contribution is 0.0995. The molecule has 14 heavy (non-hydrogen) atoms. The zero-order valence-corrected chi connectivity index (χ0v) is 9.52. The maximum Gasteiger partial charge on any atom is 0.254 e. The van der Waals surface area contributed by atoms with Gasteiger partial charge in [0.1, 0.15) is 11.3 Å². The largest absolute Gasteiger partial charge is 0.488 e. The molecule has 0 spiro atoms. The molecule has 74 valence electrons. The number of rotatable bonds is 3. The molecule has 1 saturated carbocycles. The van der Waals surface area contributed by atoms with E-state index in [-0.39, 0.29) is 6.10 Å². The summed E-state index contributed by atoms with van der Waals surface area (Å²) in [5.41, 5.74) is 5.58. The van der Waals surface area contributed by atoms with Crippen LogP contribution < -0.4 is 10.5 Å². The molecular formula is C9H9IN2O2. The Balaban J connectivity index is 2.36. The molecule has 1 fully saturated rings. The van der Waals surface area contributed by atoms with E-state index < -0.39 is 5.91 Å². The first kappa shape index (κ1) is 9.70. The minimum atomic E-state index is -0.494. The van der Waals surface area contributed by atoms with Gasteiger partial charge in [-0.3, -0.25) is 9.78 Å². The molecule has 0 unspecified atom stereocenters. The number of nitrogens with two attached hydrogens (primary N) is 1. The van der Waals surface area contributed by atoms with Crippen LogP contribution in [0.1, 0.15) is 23.2 Å². The maximum absolute atomic E-state index is 11.1. The predicted molar refractivity (Wildman–Crippen MR) is 59.1 cm³/mol. The second kappa shape index (κ2) is 3.72. The molecule has 1 amide bonds. The van der Waals surface area contributed by atoms with Crippen molar-refractivity contribution in [2.24, 2.45) is 5.73 Å². The minimum Gasteiger partial charge on any atom is -0.488 e. The summed E-state index contributed by atoms with van der Waals surface area (Å²) in [6, 6.07) is 0. The monoisotopic (exact) mass is 304 g/mol. The van der Waals surface area contributed by atoms with Crippen LogP contribution in [0.25, 0.3) is 0 Å². The van der Waals surface area contributed by atoms with Crippen LogP contribution in [-0.2, 0) is 0 Å². The third-order valence-corrected chi connectivity index (χ3v) is 2.70. The van der Waals surface area contributed by atoms with Gasteiger partial charge in [0.2, 0.25) is 0 Å². The van der Waals surface area contributed by atoms with Crippen molar-refractivity contribution in [3.8, 4) is 5.75 Å². The third-order valence-electron chi connectivity index (χ3n) is 1.93. The highest BCUT2D eigenvalue weighted by atomic mass is 127. The lowest BCUT2D eigenvalue weighted by atomic mass is 10.2. The van der Waals surface area contributed by atoms with Gasteiger partial charge >= 0.3 is 0 Å². The van der Waals surface area contributed by atoms with Crippen molar-refractivity contribution in [3.05, 3.63) is 21.5 Å². The number of ether oxygens (including phenoxy) is 1. The number of carbonyl (C=O) groups is 1. The van der Waals surface area contributed by atoms with Crippen LogP contribution in [0, 0.1) is 3.57 Å². The standard InChI is InChI=1S/C9H9IN2O2/c10-7-4-12-3-6(9(11)13)8(7)14-5-1-2-5/h3-5H,1-2H2,(H2,11,13). The molecule has 0 aliphatic heterocycles. The smallest absolute Gasteiger partial charge is 0.254 e. The second-order valence-electron chi connectivity index (χ2n) is 3.18. The molecule has 2 N–H and O–H groups in total. The molecule has 0 bridgehead atoms. The summed E-state index contributed by atoms with van der Waals surface area (Å²) < 4.78 is 6.42. The molecule has 0 saturated heterocycles. The van der Waals surface area contributed by atoms with Crippen molar-refractivity contribution < 1.29 is 9.53 Å². The number of pyridine rings is 1. The van der Waals surface area contributed by atoms with E-state index in [9.17, 15) is 4.79 Å². The minimum absolute atomic E-state index is 0.254. The van der Waals surface area contributed by atoms with Gasteiger partial charge in [-0.25, -0.2) is 0 Å². The molecule has 2 rings (SSSR count). The van der Waals surface area contributed by atoms with E-state index in [0.29, 0.717) is 11.3 Å². The molecule has 0 aromatic carbocycles. The quantitative estimate of drug-likeness (QED) is 0.857. The van der Waals surface area contributed by atoms with Crippen LogP contribution in [-0.4, -0.2) is 17.0 Å². The molecule has 1 aromatic rings. The first-order valence-electron chi connectivity index (χ1n) is 4.28. The first-order valence-corrected chi connectivity index (χ1v) is 5.36. The highest BCUT2D eigenvalue weighted by Gasteiger charge is 2.26. The lowest BCUT2D eigenvalue weighted by Gasteiger charge is -2.09. The molecule has 1 aromatic heterocycles. The number of hydrogen-bond donors (Lipinski definition) is 1. The molecule has 0 radical (unpaired) electrons. The molecule has 5 heteroatoms. The Labute approximate surface area is 95.0 Å². The van der Waals surface area contributed by atoms with Gasteiger partial charge in [0.05, 0.1) is 9.67 Å². The SMILES string of the molecule is NC(=O)c1cncc(I)c1OC1CC1. The molecule has 1 aliphatic carbocycles. The van der Waals surface area contributed by atoms with Crippen LogP contribution in [0.2, 0.25) is 0 Å². The summed E-state index contributed by atoms with van der Waals surface area (Å²) in [7, 11) is 0. The number of nitrogens with zero attached hydrogens (tertiary/aromatic N) is 1. The Morgan fingerprint density at radius 2 is 2.29 bits per heavy atom. The van der Waals surface area contributed by atoms with Crippen LogP contribution >= 0.6 is 22.6 Å². The van der Waals surface area contributed by atoms with Crippen LogP contribution in [0.3, 0.4) is 0 Å². The zero-order valence-electron chi connectivity index (χ0n) is 7.37. The summed E-state index contributed by atoms with van der Waals surface area (Å²) in [6.45, 7) is 0. The maximum atomic E-state index is 11.1. The van der Waals surface area contributed by atoms with E-state index in [1.807, 2.05) is 0 Å². The third kappa shape index (κ3) is 1.97. The average molecular weight is 304 g/mol. The Bertz CT molecular complexity index is 377. The van der Waals surface area contributed by atoms with Crippen molar-refractivity contribution in [2.75, 3.05) is 0 Å². The van der Waals surface area contributed by atoms with Gasteiger partial charge < -0.3 is 10.5 Å². The predicted octanol–water partition coefficient (Wildman–Crippen LogP) is 1.33. The Morgan fingerprint density at radius 1 is 1.57 bits per heavy atom. The van der Waals surface area contributed by atoms with Gasteiger partial charge in [0.15, 0.2) is 0 Å². The van der Waals surface area contributed by atoms with Crippen LogP contribution in [0.4, 0.5) is 0 Å². The van der Waals surface area contributed by atoms with Gasteiger partial charge in [-0.1, -0.05) is 0 Å². The van der Waals surface area contributed by atoms with Crippen LogP contribution in [0.15, 0.2) is 12.4 Å². The fourth-order valence-electron chi connectivity index (χ4n) is 1.07. The highest BCUT2D eigenvalue weighted by Crippen LogP contribution is 2.31. The van der Waals surface area contributed by atoms with Crippen molar-refractivity contribution in [1.82, 2.24) is 4.98 Å². The molecule has 1 heterocycles. The van der Waals surface area contributed by atoms with Gasteiger partial charge in [-0.15, -0.1) is 0 Å². The fraction of sp³-hybridized carbons (Fsp3) is 0.333. The summed E-state index contributed by atoms with van der Waals surface area (Å²) in [5.74, 6) is 0.0854. The number of primary amides is 1. The number of amides is 1. The Kier molecular flexibility index (Phi) is 2.58. The van der Waals surface area contributed by atoms with Crippen molar-refractivity contribution in [2.45, 2.75) is 18.9 Å². The van der Waals surface area contributed by atoms with E-state index in [2.05, 4.69) is 27.6 Å². The summed E-state index contributed by atoms with van der Waals surface area (Å²) in [4.78, 5) is 15.0. The summed E-state index contributed by atoms with van der Waals surface area (Å²) in [6.07, 6.45) is 5.46. The van der Waals surface area contributed by atoms with E-state index in [0.717, 1.165) is 16.4 Å². The summed E-state index contributed by atoms with van der Waals surface area (Å²) in [5, 5.41) is 0. The Hall–Kier alpha value is -0.850. The Morgan fingerprint density at radius 3 is 2.86 bits per heavy atom. The number of aromatic nitrogens is 1. The van der Waals surface area contributed by atoms with Crippen molar-refractivity contribution >= 4 is 28.5 Å². The van der Waals surface area contributed by atoms with E-state index >= 15 is 0 Å². The van der Waals surface area contributed by atoms with Gasteiger partial charge in [-0.05, 0) is 35.4 Å². The molecule has 4 nitrogen and oxygen atoms in total. The second-order valence-corrected chi connectivity index (χ2v) is 4.34. The topological polar surface area (TPSA) is 65.2 Å². The van der Waals surface area contributed by atoms with E-state index in [1.165, 1.54) is 6.20 Å². The van der Waals surface area contributed by atoms with Crippen molar-refractivity contribution in [1.29, 1.82) is 0 Å². The lowest BCUT2D eigenvalue weighted by Crippen LogP contribution is -2.14. The average Bonchev–Trinajstić information content (AvgIpc) is 2.91. The fourth-order valence-corrected chi connectivity index (χ4v) is 1.65. The van der Waals surface area contributed by atoms with E-state index in [1.54, 1.807) is 6.20 Å². The van der Waals surface area contributed by atoms with Gasteiger partial charge in [0, 0.05) is 12.4 Å². The summed E-state index contributed by atoms with van der Waals surface area (Å²) >= 11 is 2.09. The number of halogens is 1. The van der Waals surface area contributed by atoms with Crippen LogP contribution in [0.5, 0.6) is 5.75 Å². The molecule has 0 atom stereocenters.